The third-order valence-electron chi connectivity index (χ3n) is 14.1. The van der Waals surface area contributed by atoms with E-state index in [-0.39, 0.29) is 17.0 Å². The minimum atomic E-state index is -0.124. The summed E-state index contributed by atoms with van der Waals surface area (Å²) in [7, 11) is 0. The van der Waals surface area contributed by atoms with Crippen molar-refractivity contribution >= 4 is 17.2 Å². The molecule has 0 bridgehead atoms. The normalized spacial score (nSPS) is 22.2. The van der Waals surface area contributed by atoms with Crippen molar-refractivity contribution in [2.24, 2.45) is 9.98 Å². The lowest BCUT2D eigenvalue weighted by Gasteiger charge is -2.36. The topological polar surface area (TPSA) is 36.8 Å². The van der Waals surface area contributed by atoms with Crippen molar-refractivity contribution in [1.82, 2.24) is 5.32 Å². The van der Waals surface area contributed by atoms with Crippen LogP contribution < -0.4 is 5.32 Å². The minimum absolute atomic E-state index is 0.00271. The van der Waals surface area contributed by atoms with Gasteiger partial charge in [-0.15, -0.1) is 0 Å². The summed E-state index contributed by atoms with van der Waals surface area (Å²) in [6.45, 7) is 4.93. The highest BCUT2D eigenvalue weighted by molar-refractivity contribution is 6.13. The number of fused-ring (bicyclic) bond motifs is 7. The van der Waals surface area contributed by atoms with Gasteiger partial charge in [-0.2, -0.15) is 0 Å². The summed E-state index contributed by atoms with van der Waals surface area (Å²) in [5.41, 5.74) is 19.6. The number of rotatable bonds is 5. The molecule has 5 aliphatic carbocycles. The van der Waals surface area contributed by atoms with E-state index in [0.717, 1.165) is 42.1 Å². The van der Waals surface area contributed by atoms with Crippen molar-refractivity contribution < 1.29 is 0 Å². The Hall–Kier alpha value is -5.80. The van der Waals surface area contributed by atoms with Crippen molar-refractivity contribution in [3.63, 3.8) is 0 Å². The molecule has 3 nitrogen and oxygen atoms in total. The molecule has 280 valence electrons. The molecule has 1 aliphatic heterocycles. The Bertz CT molecular complexity index is 2600. The van der Waals surface area contributed by atoms with Crippen molar-refractivity contribution in [2.45, 2.75) is 88.1 Å². The third-order valence-corrected chi connectivity index (χ3v) is 14.1. The number of benzene rings is 5. The van der Waals surface area contributed by atoms with Crippen LogP contribution in [0.1, 0.15) is 110 Å². The lowest BCUT2D eigenvalue weighted by atomic mass is 9.67. The molecule has 1 heterocycles. The molecule has 0 aromatic heterocycles. The van der Waals surface area contributed by atoms with E-state index in [9.17, 15) is 0 Å². The first-order chi connectivity index (χ1) is 28.0. The molecule has 0 amide bonds. The molecule has 0 radical (unpaired) electrons. The Morgan fingerprint density at radius 3 is 2.16 bits per heavy atom. The van der Waals surface area contributed by atoms with Gasteiger partial charge in [0.25, 0.3) is 0 Å². The summed E-state index contributed by atoms with van der Waals surface area (Å²) in [5, 5.41) is 3.65. The number of hydrogen-bond donors (Lipinski definition) is 1. The fourth-order valence-corrected chi connectivity index (χ4v) is 11.0. The summed E-state index contributed by atoms with van der Waals surface area (Å²) in [6, 6.07) is 43.0. The van der Waals surface area contributed by atoms with E-state index in [1.54, 1.807) is 16.7 Å². The zero-order valence-electron chi connectivity index (χ0n) is 33.1. The van der Waals surface area contributed by atoms with Gasteiger partial charge in [0.1, 0.15) is 12.0 Å². The second-order valence-corrected chi connectivity index (χ2v) is 17.6. The maximum Gasteiger partial charge on any atom is 0.159 e. The van der Waals surface area contributed by atoms with Crippen LogP contribution in [0.15, 0.2) is 167 Å². The maximum absolute atomic E-state index is 5.04. The highest BCUT2D eigenvalue weighted by Crippen LogP contribution is 2.60. The van der Waals surface area contributed by atoms with Crippen LogP contribution >= 0.6 is 0 Å². The highest BCUT2D eigenvalue weighted by Gasteiger charge is 2.47. The molecule has 11 rings (SSSR count). The molecule has 3 heteroatoms. The number of nitrogens with one attached hydrogen (secondary N) is 1. The van der Waals surface area contributed by atoms with Crippen molar-refractivity contribution in [2.75, 3.05) is 0 Å². The number of hydrogen-bond acceptors (Lipinski definition) is 3. The Kier molecular flexibility index (Phi) is 8.10. The number of aliphatic imine (C=N–C) groups is 2. The molecule has 6 aliphatic rings. The quantitative estimate of drug-likeness (QED) is 0.191. The SMILES string of the molecule is CC1(C)C2=C(C=CC(c3ccc(-c4ccc(C5=NC(c6ccccc6)=NC(C6=CC=CCC6)N5)cc4)cc3)C2)c2cc3c(cc21)-c1ccccc1C31CCCCC1. The second-order valence-electron chi connectivity index (χ2n) is 17.6. The molecule has 5 aromatic carbocycles. The molecule has 2 unspecified atom stereocenters. The lowest BCUT2D eigenvalue weighted by Crippen LogP contribution is -2.40. The van der Waals surface area contributed by atoms with E-state index in [4.69, 9.17) is 9.98 Å². The summed E-state index contributed by atoms with van der Waals surface area (Å²) >= 11 is 0. The summed E-state index contributed by atoms with van der Waals surface area (Å²) in [6.07, 6.45) is 21.1. The van der Waals surface area contributed by atoms with Crippen LogP contribution in [-0.2, 0) is 10.8 Å². The molecular formula is C54H49N3. The van der Waals surface area contributed by atoms with E-state index in [2.05, 4.69) is 159 Å². The van der Waals surface area contributed by atoms with E-state index in [1.807, 2.05) is 6.07 Å². The Morgan fingerprint density at radius 2 is 1.39 bits per heavy atom. The van der Waals surface area contributed by atoms with Gasteiger partial charge in [-0.1, -0.05) is 172 Å². The maximum atomic E-state index is 5.04. The molecular weight excluding hydrogens is 691 g/mol. The van der Waals surface area contributed by atoms with Crippen LogP contribution in [-0.4, -0.2) is 17.8 Å². The van der Waals surface area contributed by atoms with Crippen LogP contribution in [0.3, 0.4) is 0 Å². The van der Waals surface area contributed by atoms with E-state index >= 15 is 0 Å². The fourth-order valence-electron chi connectivity index (χ4n) is 11.0. The first kappa shape index (κ1) is 34.4. The van der Waals surface area contributed by atoms with Crippen LogP contribution in [0.25, 0.3) is 27.8 Å². The van der Waals surface area contributed by atoms with Gasteiger partial charge in [-0.25, -0.2) is 9.98 Å². The average molecular weight is 740 g/mol. The smallest absolute Gasteiger partial charge is 0.159 e. The molecule has 1 N–H and O–H groups in total. The summed E-state index contributed by atoms with van der Waals surface area (Å²) < 4.78 is 0. The van der Waals surface area contributed by atoms with Gasteiger partial charge in [-0.3, -0.25) is 0 Å². The van der Waals surface area contributed by atoms with E-state index < -0.39 is 0 Å². The van der Waals surface area contributed by atoms with Crippen LogP contribution in [0.4, 0.5) is 0 Å². The molecule has 57 heavy (non-hydrogen) atoms. The zero-order valence-corrected chi connectivity index (χ0v) is 33.1. The number of allylic oxidation sites excluding steroid dienone is 7. The molecule has 0 saturated heterocycles. The number of nitrogens with zero attached hydrogens (tertiary/aromatic N) is 2. The first-order valence-electron chi connectivity index (χ1n) is 21.2. The fraction of sp³-hybridized carbons (Fsp3) is 0.259. The molecule has 2 atom stereocenters. The Labute approximate surface area is 337 Å². The lowest BCUT2D eigenvalue weighted by molar-refractivity contribution is 0.352. The van der Waals surface area contributed by atoms with Crippen molar-refractivity contribution in [3.05, 3.63) is 196 Å². The standard InChI is InChI=1S/C54H49N3/c1-53(2)47-32-41(28-29-43(47)44-34-49-45(33-48(44)53)42-18-10-11-19-46(42)54(49)30-12-5-13-31-54)37-22-20-35(21-23-37)36-24-26-40(27-25-36)52-56-50(38-14-6-3-7-15-38)55-51(57-52)39-16-8-4-9-17-39/h3-4,6-8,10-11,14-16,18-29,33-34,41,51H,5,9,12-13,17,30-32H2,1-2H3,(H,55,56,57). The molecule has 1 spiro atoms. The van der Waals surface area contributed by atoms with Gasteiger partial charge in [0.05, 0.1) is 0 Å². The van der Waals surface area contributed by atoms with Gasteiger partial charge in [-0.05, 0) is 105 Å². The van der Waals surface area contributed by atoms with Crippen LogP contribution in [0, 0.1) is 0 Å². The highest BCUT2D eigenvalue weighted by atomic mass is 15.2. The third kappa shape index (κ3) is 5.61. The van der Waals surface area contributed by atoms with Crippen molar-refractivity contribution in [1.29, 1.82) is 0 Å². The summed E-state index contributed by atoms with van der Waals surface area (Å²) in [4.78, 5) is 10.1. The molecule has 1 fully saturated rings. The van der Waals surface area contributed by atoms with Gasteiger partial charge < -0.3 is 5.32 Å². The molecule has 5 aromatic rings. The van der Waals surface area contributed by atoms with Gasteiger partial charge >= 0.3 is 0 Å². The predicted octanol–water partition coefficient (Wildman–Crippen LogP) is 12.8. The Morgan fingerprint density at radius 1 is 0.667 bits per heavy atom. The number of amidine groups is 2. The van der Waals surface area contributed by atoms with E-state index in [1.165, 1.54) is 82.2 Å². The van der Waals surface area contributed by atoms with Gasteiger partial charge in [0, 0.05) is 27.9 Å². The summed E-state index contributed by atoms with van der Waals surface area (Å²) in [5.74, 6) is 2.00. The van der Waals surface area contributed by atoms with Crippen LogP contribution in [0.2, 0.25) is 0 Å². The van der Waals surface area contributed by atoms with Crippen LogP contribution in [0.5, 0.6) is 0 Å². The van der Waals surface area contributed by atoms with Gasteiger partial charge in [0.15, 0.2) is 5.84 Å². The monoisotopic (exact) mass is 739 g/mol. The van der Waals surface area contributed by atoms with Crippen molar-refractivity contribution in [3.8, 4) is 22.3 Å². The zero-order chi connectivity index (χ0) is 38.1. The van der Waals surface area contributed by atoms with Gasteiger partial charge in [0.2, 0.25) is 0 Å². The average Bonchev–Trinajstić information content (AvgIpc) is 3.66. The largest absolute Gasteiger partial charge is 0.344 e. The first-order valence-corrected chi connectivity index (χ1v) is 21.2. The Balaban J connectivity index is 0.840. The molecule has 1 saturated carbocycles. The van der Waals surface area contributed by atoms with E-state index in [0.29, 0.717) is 5.92 Å². The predicted molar refractivity (Wildman–Crippen MR) is 237 cm³/mol. The second kappa shape index (κ2) is 13.4. The minimum Gasteiger partial charge on any atom is -0.344 e.